The molecule has 0 aliphatic heterocycles. The smallest absolute Gasteiger partial charge is 0.274 e. The maximum Gasteiger partial charge on any atom is 0.274 e. The number of hydrogen-bond acceptors (Lipinski definition) is 5. The van der Waals surface area contributed by atoms with Crippen molar-refractivity contribution in [1.82, 2.24) is 9.97 Å². The van der Waals surface area contributed by atoms with Gasteiger partial charge < -0.3 is 15.4 Å². The van der Waals surface area contributed by atoms with E-state index in [2.05, 4.69) is 32.7 Å². The van der Waals surface area contributed by atoms with Gasteiger partial charge in [-0.2, -0.15) is 0 Å². The van der Waals surface area contributed by atoms with Crippen LogP contribution in [0.5, 0.6) is 5.75 Å². The van der Waals surface area contributed by atoms with Gasteiger partial charge in [0.2, 0.25) is 5.95 Å². The SMILES string of the molecule is COc1cccc(NC(=O)c2cc(C)nc(NCCc3ccccc3)n2)c1. The lowest BCUT2D eigenvalue weighted by Gasteiger charge is -2.09. The van der Waals surface area contributed by atoms with Crippen LogP contribution in [0.25, 0.3) is 0 Å². The molecule has 6 nitrogen and oxygen atoms in total. The minimum Gasteiger partial charge on any atom is -0.497 e. The summed E-state index contributed by atoms with van der Waals surface area (Å²) in [4.78, 5) is 21.2. The van der Waals surface area contributed by atoms with Crippen molar-refractivity contribution in [2.45, 2.75) is 13.3 Å². The lowest BCUT2D eigenvalue weighted by molar-refractivity contribution is 0.102. The zero-order valence-electron chi connectivity index (χ0n) is 15.4. The minimum absolute atomic E-state index is 0.292. The molecule has 1 amide bonds. The molecule has 0 radical (unpaired) electrons. The molecule has 3 aromatic rings. The highest BCUT2D eigenvalue weighted by molar-refractivity contribution is 6.03. The Hall–Kier alpha value is -3.41. The molecular formula is C21H22N4O2. The quantitative estimate of drug-likeness (QED) is 0.670. The van der Waals surface area contributed by atoms with Crippen LogP contribution in [-0.4, -0.2) is 29.5 Å². The zero-order chi connectivity index (χ0) is 19.1. The van der Waals surface area contributed by atoms with E-state index < -0.39 is 0 Å². The number of amides is 1. The highest BCUT2D eigenvalue weighted by atomic mass is 16.5. The van der Waals surface area contributed by atoms with E-state index in [1.54, 1.807) is 25.3 Å². The van der Waals surface area contributed by atoms with E-state index >= 15 is 0 Å². The summed E-state index contributed by atoms with van der Waals surface area (Å²) in [5.41, 5.74) is 2.92. The molecule has 1 heterocycles. The van der Waals surface area contributed by atoms with Crippen LogP contribution in [0.15, 0.2) is 60.7 Å². The number of ether oxygens (including phenoxy) is 1. The number of carbonyl (C=O) groups is 1. The number of methoxy groups -OCH3 is 1. The summed E-state index contributed by atoms with van der Waals surface area (Å²) in [6.45, 7) is 2.52. The van der Waals surface area contributed by atoms with Crippen molar-refractivity contribution < 1.29 is 9.53 Å². The van der Waals surface area contributed by atoms with Crippen LogP contribution in [0.4, 0.5) is 11.6 Å². The molecule has 6 heteroatoms. The number of rotatable bonds is 7. The van der Waals surface area contributed by atoms with Gasteiger partial charge in [-0.1, -0.05) is 36.4 Å². The van der Waals surface area contributed by atoms with E-state index in [0.717, 1.165) is 12.1 Å². The molecule has 2 N–H and O–H groups in total. The molecule has 0 bridgehead atoms. The number of nitrogens with one attached hydrogen (secondary N) is 2. The van der Waals surface area contributed by atoms with Gasteiger partial charge in [0, 0.05) is 24.0 Å². The van der Waals surface area contributed by atoms with Crippen molar-refractivity contribution in [2.24, 2.45) is 0 Å². The number of aromatic nitrogens is 2. The van der Waals surface area contributed by atoms with E-state index in [1.807, 2.05) is 37.3 Å². The maximum atomic E-state index is 12.5. The zero-order valence-corrected chi connectivity index (χ0v) is 15.4. The summed E-state index contributed by atoms with van der Waals surface area (Å²) in [5, 5.41) is 6.02. The van der Waals surface area contributed by atoms with E-state index in [1.165, 1.54) is 5.56 Å². The minimum atomic E-state index is -0.292. The first-order valence-electron chi connectivity index (χ1n) is 8.73. The molecule has 0 aliphatic carbocycles. The van der Waals surface area contributed by atoms with Crippen LogP contribution in [-0.2, 0) is 6.42 Å². The Bertz CT molecular complexity index is 913. The number of nitrogens with zero attached hydrogens (tertiary/aromatic N) is 2. The monoisotopic (exact) mass is 362 g/mol. The average Bonchev–Trinajstić information content (AvgIpc) is 2.68. The Morgan fingerprint density at radius 1 is 1.04 bits per heavy atom. The molecule has 0 fully saturated rings. The first-order valence-corrected chi connectivity index (χ1v) is 8.73. The summed E-state index contributed by atoms with van der Waals surface area (Å²) < 4.78 is 5.17. The Kier molecular flexibility index (Phi) is 5.99. The molecule has 27 heavy (non-hydrogen) atoms. The first-order chi connectivity index (χ1) is 13.1. The van der Waals surface area contributed by atoms with Gasteiger partial charge >= 0.3 is 0 Å². The third-order valence-corrected chi connectivity index (χ3v) is 3.95. The second-order valence-electron chi connectivity index (χ2n) is 6.07. The fourth-order valence-electron chi connectivity index (χ4n) is 2.62. The summed E-state index contributed by atoms with van der Waals surface area (Å²) in [6, 6.07) is 19.0. The molecule has 0 saturated carbocycles. The van der Waals surface area contributed by atoms with Gasteiger partial charge in [-0.15, -0.1) is 0 Å². The highest BCUT2D eigenvalue weighted by Gasteiger charge is 2.11. The lowest BCUT2D eigenvalue weighted by Crippen LogP contribution is -2.17. The van der Waals surface area contributed by atoms with Crippen LogP contribution in [0, 0.1) is 6.92 Å². The molecular weight excluding hydrogens is 340 g/mol. The molecule has 0 saturated heterocycles. The number of carbonyl (C=O) groups excluding carboxylic acids is 1. The molecule has 3 rings (SSSR count). The van der Waals surface area contributed by atoms with E-state index in [0.29, 0.717) is 29.6 Å². The number of anilines is 2. The molecule has 0 unspecified atom stereocenters. The van der Waals surface area contributed by atoms with Crippen LogP contribution >= 0.6 is 0 Å². The molecule has 2 aromatic carbocycles. The van der Waals surface area contributed by atoms with Crippen LogP contribution < -0.4 is 15.4 Å². The summed E-state index contributed by atoms with van der Waals surface area (Å²) in [5.74, 6) is 0.830. The Morgan fingerprint density at radius 2 is 1.85 bits per heavy atom. The average molecular weight is 362 g/mol. The number of hydrogen-bond donors (Lipinski definition) is 2. The van der Waals surface area contributed by atoms with Crippen molar-refractivity contribution in [3.8, 4) is 5.75 Å². The summed E-state index contributed by atoms with van der Waals surface area (Å²) in [6.07, 6.45) is 0.851. The van der Waals surface area contributed by atoms with Crippen LogP contribution in [0.2, 0.25) is 0 Å². The van der Waals surface area contributed by atoms with Gasteiger partial charge in [-0.25, -0.2) is 9.97 Å². The third-order valence-electron chi connectivity index (χ3n) is 3.95. The highest BCUT2D eigenvalue weighted by Crippen LogP contribution is 2.17. The lowest BCUT2D eigenvalue weighted by atomic mass is 10.1. The van der Waals surface area contributed by atoms with Crippen molar-refractivity contribution in [3.05, 3.63) is 77.6 Å². The second-order valence-corrected chi connectivity index (χ2v) is 6.07. The fraction of sp³-hybridized carbons (Fsp3) is 0.190. The van der Waals surface area contributed by atoms with Crippen LogP contribution in [0.3, 0.4) is 0 Å². The van der Waals surface area contributed by atoms with Crippen molar-refractivity contribution in [1.29, 1.82) is 0 Å². The van der Waals surface area contributed by atoms with Crippen molar-refractivity contribution in [2.75, 3.05) is 24.3 Å². The second kappa shape index (κ2) is 8.80. The standard InChI is InChI=1S/C21H22N4O2/c1-15-13-19(20(26)24-17-9-6-10-18(14-17)27-2)25-21(23-15)22-12-11-16-7-4-3-5-8-16/h3-10,13-14H,11-12H2,1-2H3,(H,24,26)(H,22,23,25). The molecule has 138 valence electrons. The van der Waals surface area contributed by atoms with E-state index in [4.69, 9.17) is 4.74 Å². The summed E-state index contributed by atoms with van der Waals surface area (Å²) in [7, 11) is 1.59. The molecule has 0 atom stereocenters. The predicted molar refractivity (Wildman–Crippen MR) is 106 cm³/mol. The number of benzene rings is 2. The van der Waals surface area contributed by atoms with Gasteiger partial charge in [0.1, 0.15) is 11.4 Å². The molecule has 1 aromatic heterocycles. The third kappa shape index (κ3) is 5.28. The Morgan fingerprint density at radius 3 is 2.63 bits per heavy atom. The van der Waals surface area contributed by atoms with Crippen molar-refractivity contribution >= 4 is 17.5 Å². The molecule has 0 spiro atoms. The Balaban J connectivity index is 1.65. The largest absolute Gasteiger partial charge is 0.497 e. The van der Waals surface area contributed by atoms with Gasteiger partial charge in [0.25, 0.3) is 5.91 Å². The predicted octanol–water partition coefficient (Wildman–Crippen LogP) is 3.70. The van der Waals surface area contributed by atoms with Gasteiger partial charge in [-0.05, 0) is 37.1 Å². The maximum absolute atomic E-state index is 12.5. The Labute approximate surface area is 158 Å². The van der Waals surface area contributed by atoms with Gasteiger partial charge in [0.15, 0.2) is 0 Å². The first kappa shape index (κ1) is 18.4. The van der Waals surface area contributed by atoms with E-state index in [9.17, 15) is 4.79 Å². The van der Waals surface area contributed by atoms with Crippen molar-refractivity contribution in [3.63, 3.8) is 0 Å². The van der Waals surface area contributed by atoms with E-state index in [-0.39, 0.29) is 5.91 Å². The number of aryl methyl sites for hydroxylation is 1. The molecule has 0 aliphatic rings. The fourth-order valence-corrected chi connectivity index (χ4v) is 2.62. The van der Waals surface area contributed by atoms with Gasteiger partial charge in [0.05, 0.1) is 7.11 Å². The summed E-state index contributed by atoms with van der Waals surface area (Å²) >= 11 is 0. The van der Waals surface area contributed by atoms with Crippen LogP contribution in [0.1, 0.15) is 21.7 Å². The topological polar surface area (TPSA) is 76.1 Å². The van der Waals surface area contributed by atoms with Gasteiger partial charge in [-0.3, -0.25) is 4.79 Å². The normalized spacial score (nSPS) is 10.3.